The Labute approximate surface area is 88.3 Å². The van der Waals surface area contributed by atoms with Gasteiger partial charge in [0.15, 0.2) is 0 Å². The summed E-state index contributed by atoms with van der Waals surface area (Å²) >= 11 is 0. The molecule has 0 aromatic heterocycles. The summed E-state index contributed by atoms with van der Waals surface area (Å²) in [7, 11) is 0. The topological polar surface area (TPSA) is 76.7 Å². The largest absolute Gasteiger partial charge is 0.450 e. The van der Waals surface area contributed by atoms with Gasteiger partial charge in [-0.2, -0.15) is 0 Å². The molecule has 1 fully saturated rings. The van der Waals surface area contributed by atoms with Crippen LogP contribution in [-0.4, -0.2) is 44.4 Å². The van der Waals surface area contributed by atoms with E-state index in [4.69, 9.17) is 4.74 Å². The summed E-state index contributed by atoms with van der Waals surface area (Å²) in [4.78, 5) is 22.2. The molecule has 6 nitrogen and oxygen atoms in total. The Morgan fingerprint density at radius 2 is 2.40 bits per heavy atom. The number of ether oxygens (including phenoxy) is 2. The minimum absolute atomic E-state index is 0.159. The standard InChI is InChI=1S/C9H16N2O4/c1-2-14-9(13)11-8(12)5-7-6-10-3-4-15-7/h7,10H,2-6H2,1H3,(H,11,12,13). The van der Waals surface area contributed by atoms with Crippen LogP contribution in [0.4, 0.5) is 4.79 Å². The van der Waals surface area contributed by atoms with Gasteiger partial charge in [0.1, 0.15) is 0 Å². The van der Waals surface area contributed by atoms with E-state index in [-0.39, 0.29) is 25.0 Å². The Bertz CT molecular complexity index is 226. The van der Waals surface area contributed by atoms with Gasteiger partial charge in [0.2, 0.25) is 5.91 Å². The fourth-order valence-electron chi connectivity index (χ4n) is 1.29. The molecule has 0 bridgehead atoms. The molecular weight excluding hydrogens is 200 g/mol. The van der Waals surface area contributed by atoms with Crippen LogP contribution < -0.4 is 10.6 Å². The van der Waals surface area contributed by atoms with Crippen LogP contribution in [0, 0.1) is 0 Å². The van der Waals surface area contributed by atoms with Crippen LogP contribution in [0.1, 0.15) is 13.3 Å². The lowest BCUT2D eigenvalue weighted by Crippen LogP contribution is -2.42. The monoisotopic (exact) mass is 216 g/mol. The van der Waals surface area contributed by atoms with Gasteiger partial charge >= 0.3 is 6.09 Å². The number of hydrogen-bond donors (Lipinski definition) is 2. The number of imide groups is 1. The molecule has 0 aliphatic carbocycles. The summed E-state index contributed by atoms with van der Waals surface area (Å²) < 4.78 is 9.89. The molecule has 2 N–H and O–H groups in total. The Morgan fingerprint density at radius 3 is 3.00 bits per heavy atom. The van der Waals surface area contributed by atoms with Crippen molar-refractivity contribution in [3.63, 3.8) is 0 Å². The number of amides is 2. The molecule has 86 valence electrons. The fraction of sp³-hybridized carbons (Fsp3) is 0.778. The third-order valence-corrected chi connectivity index (χ3v) is 1.93. The maximum absolute atomic E-state index is 11.3. The summed E-state index contributed by atoms with van der Waals surface area (Å²) in [5.41, 5.74) is 0. The molecular formula is C9H16N2O4. The van der Waals surface area contributed by atoms with E-state index in [9.17, 15) is 9.59 Å². The third kappa shape index (κ3) is 4.75. The molecule has 1 atom stereocenters. The van der Waals surface area contributed by atoms with Gasteiger partial charge in [-0.15, -0.1) is 0 Å². The summed E-state index contributed by atoms with van der Waals surface area (Å²) in [5.74, 6) is -0.373. The number of carbonyl (C=O) groups is 2. The Balaban J connectivity index is 2.19. The van der Waals surface area contributed by atoms with Crippen molar-refractivity contribution in [3.8, 4) is 0 Å². The second-order valence-corrected chi connectivity index (χ2v) is 3.17. The van der Waals surface area contributed by atoms with E-state index in [1.165, 1.54) is 0 Å². The molecule has 1 unspecified atom stereocenters. The van der Waals surface area contributed by atoms with Gasteiger partial charge in [-0.3, -0.25) is 10.1 Å². The van der Waals surface area contributed by atoms with Crippen molar-refractivity contribution in [2.75, 3.05) is 26.3 Å². The number of rotatable bonds is 3. The van der Waals surface area contributed by atoms with Gasteiger partial charge in [0.05, 0.1) is 25.7 Å². The lowest BCUT2D eigenvalue weighted by Gasteiger charge is -2.22. The first-order valence-corrected chi connectivity index (χ1v) is 5.01. The molecule has 1 aliphatic rings. The van der Waals surface area contributed by atoms with Gasteiger partial charge in [0.25, 0.3) is 0 Å². The molecule has 0 spiro atoms. The van der Waals surface area contributed by atoms with Crippen LogP contribution in [0.2, 0.25) is 0 Å². The number of hydrogen-bond acceptors (Lipinski definition) is 5. The zero-order chi connectivity index (χ0) is 11.1. The van der Waals surface area contributed by atoms with E-state index in [1.54, 1.807) is 6.92 Å². The highest BCUT2D eigenvalue weighted by Crippen LogP contribution is 2.00. The van der Waals surface area contributed by atoms with Gasteiger partial charge in [-0.1, -0.05) is 0 Å². The molecule has 1 rings (SSSR count). The van der Waals surface area contributed by atoms with Crippen molar-refractivity contribution >= 4 is 12.0 Å². The van der Waals surface area contributed by atoms with Gasteiger partial charge in [-0.05, 0) is 6.92 Å². The van der Waals surface area contributed by atoms with Gasteiger partial charge in [0, 0.05) is 13.1 Å². The summed E-state index contributed by atoms with van der Waals surface area (Å²) in [6, 6.07) is 0. The molecule has 15 heavy (non-hydrogen) atoms. The van der Waals surface area contributed by atoms with Crippen molar-refractivity contribution in [2.45, 2.75) is 19.4 Å². The lowest BCUT2D eigenvalue weighted by molar-refractivity contribution is -0.123. The number of carbonyl (C=O) groups excluding carboxylic acids is 2. The molecule has 0 aromatic carbocycles. The highest BCUT2D eigenvalue weighted by molar-refractivity contribution is 5.91. The quantitative estimate of drug-likeness (QED) is 0.673. The van der Waals surface area contributed by atoms with E-state index < -0.39 is 6.09 Å². The Kier molecular flexibility index (Phi) is 5.06. The van der Waals surface area contributed by atoms with E-state index >= 15 is 0 Å². The predicted octanol–water partition coefficient (Wildman–Crippen LogP) is -0.362. The molecule has 2 amide bonds. The van der Waals surface area contributed by atoms with Crippen molar-refractivity contribution in [3.05, 3.63) is 0 Å². The number of morpholine rings is 1. The van der Waals surface area contributed by atoms with E-state index in [1.807, 2.05) is 0 Å². The summed E-state index contributed by atoms with van der Waals surface area (Å²) in [5, 5.41) is 5.22. The highest BCUT2D eigenvalue weighted by atomic mass is 16.5. The lowest BCUT2D eigenvalue weighted by atomic mass is 10.2. The van der Waals surface area contributed by atoms with Crippen LogP contribution in [0.5, 0.6) is 0 Å². The first-order valence-electron chi connectivity index (χ1n) is 5.01. The van der Waals surface area contributed by atoms with Crippen LogP contribution >= 0.6 is 0 Å². The maximum atomic E-state index is 11.3. The molecule has 0 aromatic rings. The Morgan fingerprint density at radius 1 is 1.60 bits per heavy atom. The Hall–Kier alpha value is -1.14. The van der Waals surface area contributed by atoms with E-state index in [0.29, 0.717) is 13.2 Å². The molecule has 1 saturated heterocycles. The highest BCUT2D eigenvalue weighted by Gasteiger charge is 2.18. The molecule has 1 heterocycles. The van der Waals surface area contributed by atoms with Crippen molar-refractivity contribution in [1.29, 1.82) is 0 Å². The van der Waals surface area contributed by atoms with Gasteiger partial charge < -0.3 is 14.8 Å². The van der Waals surface area contributed by atoms with Gasteiger partial charge in [-0.25, -0.2) is 4.79 Å². The smallest absolute Gasteiger partial charge is 0.413 e. The maximum Gasteiger partial charge on any atom is 0.413 e. The zero-order valence-electron chi connectivity index (χ0n) is 8.75. The molecule has 6 heteroatoms. The first kappa shape index (κ1) is 11.9. The van der Waals surface area contributed by atoms with Crippen molar-refractivity contribution in [2.24, 2.45) is 0 Å². The van der Waals surface area contributed by atoms with Crippen molar-refractivity contribution < 1.29 is 19.1 Å². The minimum Gasteiger partial charge on any atom is -0.450 e. The predicted molar refractivity (Wildman–Crippen MR) is 52.4 cm³/mol. The minimum atomic E-state index is -0.703. The number of nitrogens with one attached hydrogen (secondary N) is 2. The van der Waals surface area contributed by atoms with E-state index in [0.717, 1.165) is 6.54 Å². The van der Waals surface area contributed by atoms with Crippen LogP contribution in [0.3, 0.4) is 0 Å². The van der Waals surface area contributed by atoms with Crippen LogP contribution in [0.25, 0.3) is 0 Å². The average Bonchev–Trinajstić information content (AvgIpc) is 2.19. The SMILES string of the molecule is CCOC(=O)NC(=O)CC1CNCCO1. The normalized spacial score (nSPS) is 20.7. The zero-order valence-corrected chi connectivity index (χ0v) is 8.75. The summed E-state index contributed by atoms with van der Waals surface area (Å²) in [6.07, 6.45) is -0.689. The average molecular weight is 216 g/mol. The fourth-order valence-corrected chi connectivity index (χ4v) is 1.29. The third-order valence-electron chi connectivity index (χ3n) is 1.93. The first-order chi connectivity index (χ1) is 7.22. The van der Waals surface area contributed by atoms with Crippen molar-refractivity contribution in [1.82, 2.24) is 10.6 Å². The second kappa shape index (κ2) is 6.36. The molecule has 1 aliphatic heterocycles. The molecule has 0 radical (unpaired) electrons. The summed E-state index contributed by atoms with van der Waals surface area (Å²) in [6.45, 7) is 3.96. The van der Waals surface area contributed by atoms with Crippen LogP contribution in [-0.2, 0) is 14.3 Å². The second-order valence-electron chi connectivity index (χ2n) is 3.17. The number of alkyl carbamates (subject to hydrolysis) is 1. The molecule has 0 saturated carbocycles. The van der Waals surface area contributed by atoms with E-state index in [2.05, 4.69) is 15.4 Å². The van der Waals surface area contributed by atoms with Crippen LogP contribution in [0.15, 0.2) is 0 Å².